The lowest BCUT2D eigenvalue weighted by Crippen LogP contribution is -2.55. The smallest absolute Gasteiger partial charge is 0.116 e. The predicted molar refractivity (Wildman–Crippen MR) is 348 cm³/mol. The van der Waals surface area contributed by atoms with E-state index in [1.165, 1.54) is 385 Å². The second-order valence-corrected chi connectivity index (χ2v) is 27.7. The highest BCUT2D eigenvalue weighted by molar-refractivity contribution is 7.85. The second kappa shape index (κ2) is 64.4. The highest BCUT2D eigenvalue weighted by atomic mass is 32.2. The van der Waals surface area contributed by atoms with Crippen LogP contribution in [0.2, 0.25) is 0 Å². The van der Waals surface area contributed by atoms with Crippen molar-refractivity contribution in [2.45, 2.75) is 431 Å². The zero-order valence-electron chi connectivity index (χ0n) is 54.2. The molecule has 1 unspecified atom stereocenters. The van der Waals surface area contributed by atoms with Gasteiger partial charge in [0.1, 0.15) is 12.6 Å². The summed E-state index contributed by atoms with van der Waals surface area (Å²) in [6, 6.07) is 0. The molecular formula is C72H147NO4S. The maximum Gasteiger partial charge on any atom is 0.116 e. The van der Waals surface area contributed by atoms with Gasteiger partial charge in [0.25, 0.3) is 0 Å². The molecule has 0 saturated carbocycles. The van der Waals surface area contributed by atoms with E-state index in [2.05, 4.69) is 20.8 Å². The minimum atomic E-state index is -4.47. The molecule has 0 aromatic rings. The Labute approximate surface area is 493 Å². The van der Waals surface area contributed by atoms with Crippen LogP contribution in [-0.2, 0) is 10.1 Å². The van der Waals surface area contributed by atoms with Crippen molar-refractivity contribution in [2.24, 2.45) is 0 Å². The summed E-state index contributed by atoms with van der Waals surface area (Å²) in [6.45, 7) is 10.3. The van der Waals surface area contributed by atoms with Crippen LogP contribution in [0, 0.1) is 0 Å². The number of aliphatic hydroxyl groups is 1. The number of nitrogens with zero attached hydrogens (tertiary/aromatic N) is 1. The summed E-state index contributed by atoms with van der Waals surface area (Å²) in [5.74, 6) is -0.648. The van der Waals surface area contributed by atoms with Gasteiger partial charge >= 0.3 is 0 Å². The monoisotopic (exact) mass is 1120 g/mol. The molecule has 0 fully saturated rings. The van der Waals surface area contributed by atoms with Crippen molar-refractivity contribution in [1.82, 2.24) is 0 Å². The fraction of sp³-hybridized carbons (Fsp3) is 1.00. The molecule has 5 nitrogen and oxygen atoms in total. The van der Waals surface area contributed by atoms with E-state index >= 15 is 0 Å². The van der Waals surface area contributed by atoms with Crippen LogP contribution in [0.15, 0.2) is 0 Å². The van der Waals surface area contributed by atoms with Gasteiger partial charge in [0, 0.05) is 0 Å². The van der Waals surface area contributed by atoms with E-state index in [4.69, 9.17) is 0 Å². The van der Waals surface area contributed by atoms with Crippen molar-refractivity contribution in [3.63, 3.8) is 0 Å². The third-order valence-electron chi connectivity index (χ3n) is 18.2. The van der Waals surface area contributed by atoms with Crippen molar-refractivity contribution in [3.8, 4) is 0 Å². The van der Waals surface area contributed by atoms with Crippen molar-refractivity contribution in [2.75, 3.05) is 31.9 Å². The van der Waals surface area contributed by atoms with Gasteiger partial charge in [0.2, 0.25) is 0 Å². The van der Waals surface area contributed by atoms with Crippen LogP contribution in [0.4, 0.5) is 0 Å². The molecule has 0 aliphatic rings. The number of quaternary nitrogens is 1. The Morgan fingerprint density at radius 3 is 0.513 bits per heavy atom. The molecule has 1 N–H and O–H groups in total. The molecule has 0 aliphatic heterocycles. The number of aliphatic hydroxyl groups excluding tert-OH is 1. The van der Waals surface area contributed by atoms with Gasteiger partial charge in [-0.05, 0) is 38.5 Å². The molecule has 78 heavy (non-hydrogen) atoms. The standard InChI is InChI=1S/C72H147NO4S/c1-4-7-10-13-16-19-22-25-28-31-34-37-40-43-46-49-52-55-58-61-64-67-73(70-72(74)71-78(75,76)77,68-65-62-59-56-53-50-47-44-41-38-35-32-29-26-23-20-17-14-11-8-5-2)69-66-63-60-57-54-51-48-45-42-39-36-33-30-27-24-21-18-15-12-9-6-3/h72,74H,4-71H2,1-3H3. The van der Waals surface area contributed by atoms with E-state index in [9.17, 15) is 18.1 Å². The van der Waals surface area contributed by atoms with Crippen molar-refractivity contribution in [3.05, 3.63) is 0 Å². The van der Waals surface area contributed by atoms with Crippen molar-refractivity contribution in [1.29, 1.82) is 0 Å². The zero-order chi connectivity index (χ0) is 56.7. The van der Waals surface area contributed by atoms with Crippen LogP contribution in [0.25, 0.3) is 0 Å². The normalized spacial score (nSPS) is 12.6. The summed E-state index contributed by atoms with van der Waals surface area (Å²) >= 11 is 0. The Hall–Kier alpha value is -0.170. The van der Waals surface area contributed by atoms with Crippen molar-refractivity contribution >= 4 is 10.1 Å². The fourth-order valence-electron chi connectivity index (χ4n) is 13.0. The summed E-state index contributed by atoms with van der Waals surface area (Å²) in [5.41, 5.74) is 0. The molecule has 1 atom stereocenters. The van der Waals surface area contributed by atoms with Crippen LogP contribution in [-0.4, -0.2) is 60.6 Å². The molecule has 0 saturated heterocycles. The van der Waals surface area contributed by atoms with E-state index in [0.29, 0.717) is 6.54 Å². The Morgan fingerprint density at radius 2 is 0.385 bits per heavy atom. The summed E-state index contributed by atoms with van der Waals surface area (Å²) in [4.78, 5) is 0. The highest BCUT2D eigenvalue weighted by Gasteiger charge is 2.30. The number of unbranched alkanes of at least 4 members (excludes halogenated alkanes) is 60. The molecule has 0 bridgehead atoms. The quantitative estimate of drug-likeness (QED) is 0.0374. The summed E-state index contributed by atoms with van der Waals surface area (Å²) in [5, 5.41) is 11.1. The van der Waals surface area contributed by atoms with Crippen LogP contribution in [0.1, 0.15) is 425 Å². The molecule has 0 aliphatic carbocycles. The maximum absolute atomic E-state index is 11.9. The van der Waals surface area contributed by atoms with Crippen LogP contribution >= 0.6 is 0 Å². The predicted octanol–water partition coefficient (Wildman–Crippen LogP) is 24.3. The van der Waals surface area contributed by atoms with E-state index in [1.807, 2.05) is 0 Å². The molecular weight excluding hydrogens is 975 g/mol. The Bertz CT molecular complexity index is 1100. The lowest BCUT2D eigenvalue weighted by Gasteiger charge is -2.41. The molecule has 0 rings (SSSR count). The van der Waals surface area contributed by atoms with Gasteiger partial charge in [-0.2, -0.15) is 0 Å². The van der Waals surface area contributed by atoms with Gasteiger partial charge in [0.05, 0.1) is 35.5 Å². The van der Waals surface area contributed by atoms with Gasteiger partial charge in [-0.3, -0.25) is 0 Å². The first-order valence-corrected chi connectivity index (χ1v) is 38.3. The molecule has 0 heterocycles. The molecule has 0 aromatic carbocycles. The first-order valence-electron chi connectivity index (χ1n) is 36.7. The van der Waals surface area contributed by atoms with Gasteiger partial charge in [-0.1, -0.05) is 387 Å². The van der Waals surface area contributed by atoms with Gasteiger partial charge in [0.15, 0.2) is 0 Å². The van der Waals surface area contributed by atoms with Gasteiger partial charge < -0.3 is 14.1 Å². The van der Waals surface area contributed by atoms with Crippen LogP contribution in [0.5, 0.6) is 0 Å². The topological polar surface area (TPSA) is 77.4 Å². The van der Waals surface area contributed by atoms with E-state index < -0.39 is 22.0 Å². The SMILES string of the molecule is CCCCCCCCCCCCCCCCCCCCCCC[N+](CCCCCCCCCCCCCCCCCCCCCCC)(CCCCCCCCCCCCCCCCCCCCCCC)CC(O)CS(=O)(=O)[O-]. The Balaban J connectivity index is 4.69. The van der Waals surface area contributed by atoms with Crippen LogP contribution in [0.3, 0.4) is 0 Å². The van der Waals surface area contributed by atoms with Gasteiger partial charge in [-0.15, -0.1) is 0 Å². The molecule has 0 radical (unpaired) electrons. The van der Waals surface area contributed by atoms with E-state index in [-0.39, 0.29) is 0 Å². The second-order valence-electron chi connectivity index (χ2n) is 26.3. The number of hydrogen-bond donors (Lipinski definition) is 1. The molecule has 0 amide bonds. The van der Waals surface area contributed by atoms with Crippen LogP contribution < -0.4 is 0 Å². The van der Waals surface area contributed by atoms with Crippen molar-refractivity contribution < 1.29 is 22.6 Å². The average molecular weight is 1120 g/mol. The Morgan fingerprint density at radius 1 is 0.256 bits per heavy atom. The third kappa shape index (κ3) is 63.4. The third-order valence-corrected chi connectivity index (χ3v) is 19.0. The fourth-order valence-corrected chi connectivity index (χ4v) is 13.6. The summed E-state index contributed by atoms with van der Waals surface area (Å²) in [7, 11) is -4.47. The maximum atomic E-state index is 11.9. The average Bonchev–Trinajstić information content (AvgIpc) is 3.42. The summed E-state index contributed by atoms with van der Waals surface area (Å²) < 4.78 is 36.4. The lowest BCUT2D eigenvalue weighted by molar-refractivity contribution is -0.931. The molecule has 470 valence electrons. The molecule has 0 spiro atoms. The minimum absolute atomic E-state index is 0.416. The highest BCUT2D eigenvalue weighted by Crippen LogP contribution is 2.23. The van der Waals surface area contributed by atoms with Gasteiger partial charge in [-0.25, -0.2) is 8.42 Å². The van der Waals surface area contributed by atoms with E-state index in [0.717, 1.165) is 43.4 Å². The number of hydrogen-bond acceptors (Lipinski definition) is 4. The molecule has 0 aromatic heterocycles. The Kier molecular flexibility index (Phi) is 64.3. The zero-order valence-corrected chi connectivity index (χ0v) is 55.0. The summed E-state index contributed by atoms with van der Waals surface area (Å²) in [6.07, 6.45) is 86.0. The number of rotatable bonds is 70. The first kappa shape index (κ1) is 77.8. The largest absolute Gasteiger partial charge is 0.748 e. The molecule has 6 heteroatoms. The first-order chi connectivity index (χ1) is 38.3. The van der Waals surface area contributed by atoms with E-state index in [1.54, 1.807) is 0 Å². The lowest BCUT2D eigenvalue weighted by atomic mass is 10.0. The minimum Gasteiger partial charge on any atom is -0.748 e.